The zero-order chi connectivity index (χ0) is 19.2. The molecule has 2 N–H and O–H groups in total. The molecular formula is C18H34IN5O2S. The maximum atomic E-state index is 12.1. The quantitative estimate of drug-likeness (QED) is 0.347. The Balaban J connectivity index is 0.00000364. The van der Waals surface area contributed by atoms with E-state index in [1.807, 2.05) is 34.6 Å². The largest absolute Gasteiger partial charge is 0.357 e. The van der Waals surface area contributed by atoms with E-state index in [-0.39, 0.29) is 29.4 Å². The van der Waals surface area contributed by atoms with Gasteiger partial charge in [-0.1, -0.05) is 39.3 Å². The maximum Gasteiger partial charge on any atom is 0.232 e. The summed E-state index contributed by atoms with van der Waals surface area (Å²) >= 11 is 0. The van der Waals surface area contributed by atoms with Gasteiger partial charge >= 0.3 is 0 Å². The highest BCUT2D eigenvalue weighted by Gasteiger charge is 2.26. The third kappa shape index (κ3) is 7.67. The Hall–Kier alpha value is -0.710. The lowest BCUT2D eigenvalue weighted by Gasteiger charge is -2.30. The summed E-state index contributed by atoms with van der Waals surface area (Å²) in [6, 6.07) is 0.303. The van der Waals surface area contributed by atoms with Crippen LogP contribution in [0.4, 0.5) is 0 Å². The van der Waals surface area contributed by atoms with Crippen LogP contribution >= 0.6 is 24.0 Å². The molecule has 2 rings (SSSR count). The molecule has 1 aromatic heterocycles. The van der Waals surface area contributed by atoms with Gasteiger partial charge in [0.15, 0.2) is 11.8 Å². The Bertz CT molecular complexity index is 630. The minimum Gasteiger partial charge on any atom is -0.357 e. The van der Waals surface area contributed by atoms with E-state index in [0.29, 0.717) is 29.6 Å². The second-order valence-corrected chi connectivity index (χ2v) is 9.77. The van der Waals surface area contributed by atoms with Crippen molar-refractivity contribution in [3.8, 4) is 0 Å². The lowest BCUT2D eigenvalue weighted by atomic mass is 9.95. The number of halogens is 1. The van der Waals surface area contributed by atoms with E-state index in [4.69, 9.17) is 4.52 Å². The van der Waals surface area contributed by atoms with E-state index in [2.05, 4.69) is 25.8 Å². The van der Waals surface area contributed by atoms with Crippen molar-refractivity contribution in [2.24, 2.45) is 4.99 Å². The lowest BCUT2D eigenvalue weighted by Crippen LogP contribution is -2.46. The SMILES string of the molecule is CCNC(=NCc1noc(C(C)(C)C)n1)NC1CCCC(S(=O)CC)C1.I. The van der Waals surface area contributed by atoms with Gasteiger partial charge in [-0.05, 0) is 26.2 Å². The highest BCUT2D eigenvalue weighted by molar-refractivity contribution is 14.0. The minimum atomic E-state index is -0.725. The normalized spacial score (nSPS) is 22.0. The molecule has 0 amide bonds. The molecule has 3 unspecified atom stereocenters. The number of aromatic nitrogens is 2. The van der Waals surface area contributed by atoms with Crippen molar-refractivity contribution in [2.45, 2.75) is 83.6 Å². The average molecular weight is 511 g/mol. The Kier molecular flexibility index (Phi) is 10.2. The lowest BCUT2D eigenvalue weighted by molar-refractivity contribution is 0.318. The number of nitrogens with one attached hydrogen (secondary N) is 2. The highest BCUT2D eigenvalue weighted by atomic mass is 127. The third-order valence-corrected chi connectivity index (χ3v) is 6.20. The fourth-order valence-electron chi connectivity index (χ4n) is 3.04. The second-order valence-electron chi connectivity index (χ2n) is 7.76. The van der Waals surface area contributed by atoms with E-state index in [1.165, 1.54) is 0 Å². The van der Waals surface area contributed by atoms with Gasteiger partial charge in [-0.2, -0.15) is 4.98 Å². The van der Waals surface area contributed by atoms with Crippen molar-refractivity contribution in [1.29, 1.82) is 0 Å². The molecule has 1 fully saturated rings. The average Bonchev–Trinajstić information content (AvgIpc) is 3.09. The fraction of sp³-hybridized carbons (Fsp3) is 0.833. The van der Waals surface area contributed by atoms with Crippen molar-refractivity contribution in [1.82, 2.24) is 20.8 Å². The van der Waals surface area contributed by atoms with Crippen LogP contribution in [-0.2, 0) is 22.8 Å². The maximum absolute atomic E-state index is 12.1. The van der Waals surface area contributed by atoms with Crippen molar-refractivity contribution in [2.75, 3.05) is 12.3 Å². The number of hydrogen-bond donors (Lipinski definition) is 2. The molecule has 1 saturated carbocycles. The zero-order valence-electron chi connectivity index (χ0n) is 17.1. The molecule has 3 atom stereocenters. The molecule has 9 heteroatoms. The van der Waals surface area contributed by atoms with Gasteiger partial charge in [0.25, 0.3) is 0 Å². The summed E-state index contributed by atoms with van der Waals surface area (Å²) in [4.78, 5) is 9.02. The van der Waals surface area contributed by atoms with Crippen molar-refractivity contribution in [3.05, 3.63) is 11.7 Å². The topological polar surface area (TPSA) is 92.4 Å². The van der Waals surface area contributed by atoms with Crippen LogP contribution in [0.1, 0.15) is 72.0 Å². The summed E-state index contributed by atoms with van der Waals surface area (Å²) in [5.74, 6) is 2.69. The second kappa shape index (κ2) is 11.3. The van der Waals surface area contributed by atoms with Crippen molar-refractivity contribution < 1.29 is 8.73 Å². The van der Waals surface area contributed by atoms with E-state index in [0.717, 1.165) is 43.9 Å². The molecule has 27 heavy (non-hydrogen) atoms. The molecule has 1 heterocycles. The van der Waals surface area contributed by atoms with Crippen LogP contribution in [-0.4, -0.2) is 43.9 Å². The Morgan fingerprint density at radius 2 is 2.07 bits per heavy atom. The van der Waals surface area contributed by atoms with Crippen LogP contribution in [0.25, 0.3) is 0 Å². The molecule has 0 bridgehead atoms. The molecule has 1 aliphatic rings. The molecule has 0 radical (unpaired) electrons. The number of aliphatic imine (C=N–C) groups is 1. The van der Waals surface area contributed by atoms with Crippen LogP contribution in [0.3, 0.4) is 0 Å². The third-order valence-electron chi connectivity index (χ3n) is 4.46. The van der Waals surface area contributed by atoms with Gasteiger partial charge in [-0.3, -0.25) is 4.21 Å². The first-order valence-corrected chi connectivity index (χ1v) is 11.0. The number of hydrogen-bond acceptors (Lipinski definition) is 5. The molecular weight excluding hydrogens is 477 g/mol. The fourth-order valence-corrected chi connectivity index (χ4v) is 4.38. The van der Waals surface area contributed by atoms with Crippen LogP contribution in [0, 0.1) is 0 Å². The van der Waals surface area contributed by atoms with E-state index < -0.39 is 10.8 Å². The molecule has 0 saturated heterocycles. The molecule has 1 aliphatic carbocycles. The van der Waals surface area contributed by atoms with Gasteiger partial charge in [0.2, 0.25) is 5.89 Å². The summed E-state index contributed by atoms with van der Waals surface area (Å²) in [5, 5.41) is 11.1. The molecule has 7 nitrogen and oxygen atoms in total. The summed E-state index contributed by atoms with van der Waals surface area (Å²) in [6.07, 6.45) is 4.18. The van der Waals surface area contributed by atoms with E-state index in [1.54, 1.807) is 0 Å². The summed E-state index contributed by atoms with van der Waals surface area (Å²) in [5.41, 5.74) is -0.163. The monoisotopic (exact) mass is 511 g/mol. The Labute approximate surface area is 182 Å². The zero-order valence-corrected chi connectivity index (χ0v) is 20.2. The van der Waals surface area contributed by atoms with Crippen LogP contribution < -0.4 is 10.6 Å². The van der Waals surface area contributed by atoms with Gasteiger partial charge in [-0.15, -0.1) is 24.0 Å². The standard InChI is InChI=1S/C18H33N5O2S.HI/c1-6-19-17(20-12-15-22-16(25-23-15)18(3,4)5)21-13-9-8-10-14(11-13)26(24)7-2;/h13-14H,6-12H2,1-5H3,(H2,19,20,21);1H. The highest BCUT2D eigenvalue weighted by Crippen LogP contribution is 2.23. The van der Waals surface area contributed by atoms with Gasteiger partial charge in [0.05, 0.1) is 0 Å². The first-order valence-electron chi connectivity index (χ1n) is 9.58. The number of guanidine groups is 1. The van der Waals surface area contributed by atoms with E-state index in [9.17, 15) is 4.21 Å². The van der Waals surface area contributed by atoms with Crippen LogP contribution in [0.2, 0.25) is 0 Å². The summed E-state index contributed by atoms with van der Waals surface area (Å²) in [6.45, 7) is 11.3. The smallest absolute Gasteiger partial charge is 0.232 e. The minimum absolute atomic E-state index is 0. The Morgan fingerprint density at radius 1 is 1.33 bits per heavy atom. The summed E-state index contributed by atoms with van der Waals surface area (Å²) in [7, 11) is -0.725. The number of rotatable bonds is 6. The van der Waals surface area contributed by atoms with Crippen molar-refractivity contribution in [3.63, 3.8) is 0 Å². The first-order chi connectivity index (χ1) is 12.3. The molecule has 156 valence electrons. The molecule has 0 spiro atoms. The number of nitrogens with zero attached hydrogens (tertiary/aromatic N) is 3. The molecule has 0 aliphatic heterocycles. The van der Waals surface area contributed by atoms with Gasteiger partial charge < -0.3 is 15.2 Å². The molecule has 1 aromatic rings. The predicted molar refractivity (Wildman–Crippen MR) is 121 cm³/mol. The summed E-state index contributed by atoms with van der Waals surface area (Å²) < 4.78 is 17.4. The van der Waals surface area contributed by atoms with Gasteiger partial charge in [0, 0.05) is 39.8 Å². The van der Waals surface area contributed by atoms with Crippen LogP contribution in [0.15, 0.2) is 9.52 Å². The van der Waals surface area contributed by atoms with Gasteiger partial charge in [-0.25, -0.2) is 4.99 Å². The van der Waals surface area contributed by atoms with Crippen molar-refractivity contribution >= 4 is 40.7 Å². The molecule has 0 aromatic carbocycles. The van der Waals surface area contributed by atoms with Gasteiger partial charge in [0.1, 0.15) is 6.54 Å². The first kappa shape index (κ1) is 24.3. The van der Waals surface area contributed by atoms with Crippen LogP contribution in [0.5, 0.6) is 0 Å². The Morgan fingerprint density at radius 3 is 2.67 bits per heavy atom. The predicted octanol–water partition coefficient (Wildman–Crippen LogP) is 3.12. The van der Waals surface area contributed by atoms with E-state index >= 15 is 0 Å².